The fourth-order valence-electron chi connectivity index (χ4n) is 3.39. The number of nitrogens with two attached hydrogens (primary N) is 1. The lowest BCUT2D eigenvalue weighted by atomic mass is 9.87. The highest BCUT2D eigenvalue weighted by atomic mass is 19.2. The molecule has 0 aliphatic rings. The lowest BCUT2D eigenvalue weighted by Gasteiger charge is -2.20. The molecule has 3 N–H and O–H groups in total. The molecule has 0 spiro atoms. The molecule has 10 heteroatoms. The highest BCUT2D eigenvalue weighted by Crippen LogP contribution is 2.28. The van der Waals surface area contributed by atoms with E-state index in [1.807, 2.05) is 0 Å². The van der Waals surface area contributed by atoms with Crippen molar-refractivity contribution in [1.29, 1.82) is 0 Å². The van der Waals surface area contributed by atoms with Gasteiger partial charge in [0.15, 0.2) is 11.6 Å². The highest BCUT2D eigenvalue weighted by molar-refractivity contribution is 6.39. The number of hydrogen-bond acceptors (Lipinski definition) is 5. The number of ether oxygens (including phenoxy) is 1. The number of aryl methyl sites for hydroxylation is 1. The number of carbonyl (C=O) groups excluding carboxylic acids is 1. The van der Waals surface area contributed by atoms with E-state index in [0.29, 0.717) is 0 Å². The van der Waals surface area contributed by atoms with Crippen LogP contribution in [-0.2, 0) is 11.3 Å². The molecule has 2 aromatic carbocycles. The van der Waals surface area contributed by atoms with Crippen molar-refractivity contribution in [2.45, 2.75) is 20.5 Å². The summed E-state index contributed by atoms with van der Waals surface area (Å²) in [6.45, 7) is 2.19. The lowest BCUT2D eigenvalue weighted by molar-refractivity contribution is 0.0524. The van der Waals surface area contributed by atoms with Gasteiger partial charge in [-0.1, -0.05) is 0 Å². The number of benzene rings is 2. The zero-order valence-corrected chi connectivity index (χ0v) is 16.5. The highest BCUT2D eigenvalue weighted by Gasteiger charge is 2.25. The molecule has 0 aliphatic carbocycles. The van der Waals surface area contributed by atoms with Crippen molar-refractivity contribution in [3.05, 3.63) is 62.7 Å². The molecule has 6 nitrogen and oxygen atoms in total. The first-order valence-electron chi connectivity index (χ1n) is 9.03. The van der Waals surface area contributed by atoms with Gasteiger partial charge in [-0.15, -0.1) is 0 Å². The Morgan fingerprint density at radius 3 is 2.53 bits per heavy atom. The second-order valence-corrected chi connectivity index (χ2v) is 6.72. The van der Waals surface area contributed by atoms with E-state index in [9.17, 15) is 27.9 Å². The first kappa shape index (κ1) is 21.4. The van der Waals surface area contributed by atoms with Crippen LogP contribution in [0.25, 0.3) is 16.6 Å². The molecule has 0 amide bonds. The number of halogens is 3. The molecule has 0 radical (unpaired) electrons. The van der Waals surface area contributed by atoms with Crippen molar-refractivity contribution in [3.8, 4) is 5.69 Å². The van der Waals surface area contributed by atoms with E-state index in [1.54, 1.807) is 6.92 Å². The number of pyridine rings is 1. The summed E-state index contributed by atoms with van der Waals surface area (Å²) in [4.78, 5) is 25.4. The molecule has 0 saturated heterocycles. The number of nitrogen functional groups attached to an aromatic ring is 1. The first-order valence-corrected chi connectivity index (χ1v) is 9.03. The van der Waals surface area contributed by atoms with E-state index >= 15 is 0 Å². The number of nitrogens with zero attached hydrogens (tertiary/aromatic N) is 1. The van der Waals surface area contributed by atoms with Gasteiger partial charge >= 0.3 is 5.97 Å². The summed E-state index contributed by atoms with van der Waals surface area (Å²) in [5.41, 5.74) is 3.76. The zero-order valence-electron chi connectivity index (χ0n) is 16.5. The van der Waals surface area contributed by atoms with Gasteiger partial charge in [-0.25, -0.2) is 18.0 Å². The van der Waals surface area contributed by atoms with Crippen LogP contribution in [0.15, 0.2) is 23.1 Å². The van der Waals surface area contributed by atoms with E-state index in [1.165, 1.54) is 25.4 Å². The molecular formula is C20H18BF3N2O4. The van der Waals surface area contributed by atoms with Gasteiger partial charge in [0.2, 0.25) is 5.43 Å². The maximum atomic E-state index is 14.5. The van der Waals surface area contributed by atoms with E-state index in [4.69, 9.17) is 10.5 Å². The van der Waals surface area contributed by atoms with Crippen molar-refractivity contribution in [2.75, 3.05) is 12.3 Å². The van der Waals surface area contributed by atoms with Crippen LogP contribution in [0, 0.1) is 24.4 Å². The monoisotopic (exact) mass is 418 g/mol. The summed E-state index contributed by atoms with van der Waals surface area (Å²) in [6, 6.07) is 2.16. The fraction of sp³-hybridized carbons (Fsp3) is 0.200. The average Bonchev–Trinajstić information content (AvgIpc) is 2.72. The number of esters is 1. The largest absolute Gasteiger partial charge is 0.462 e. The summed E-state index contributed by atoms with van der Waals surface area (Å²) >= 11 is 0. The SMILES string of the molecule is Bc1c(F)c(F)c(C)c2c1c(=O)c(C(=O)OCC)cn2-c1cc(N)c(F)cc1CO. The van der Waals surface area contributed by atoms with Gasteiger partial charge in [-0.2, -0.15) is 0 Å². The van der Waals surface area contributed by atoms with Crippen LogP contribution in [0.5, 0.6) is 0 Å². The van der Waals surface area contributed by atoms with Crippen LogP contribution in [0.3, 0.4) is 0 Å². The molecule has 0 atom stereocenters. The number of hydrogen-bond donors (Lipinski definition) is 2. The van der Waals surface area contributed by atoms with Gasteiger partial charge in [-0.3, -0.25) is 4.79 Å². The van der Waals surface area contributed by atoms with Crippen LogP contribution in [0.1, 0.15) is 28.4 Å². The Morgan fingerprint density at radius 1 is 1.27 bits per heavy atom. The molecule has 30 heavy (non-hydrogen) atoms. The summed E-state index contributed by atoms with van der Waals surface area (Å²) < 4.78 is 49.0. The number of rotatable bonds is 4. The predicted octanol–water partition coefficient (Wildman–Crippen LogP) is 1.23. The Morgan fingerprint density at radius 2 is 1.93 bits per heavy atom. The molecule has 0 fully saturated rings. The average molecular weight is 418 g/mol. The van der Waals surface area contributed by atoms with Gasteiger partial charge in [0.25, 0.3) is 0 Å². The van der Waals surface area contributed by atoms with E-state index in [2.05, 4.69) is 0 Å². The number of aliphatic hydroxyl groups excluding tert-OH is 1. The Bertz CT molecular complexity index is 1260. The third kappa shape index (κ3) is 3.22. The molecule has 1 heterocycles. The third-order valence-corrected chi connectivity index (χ3v) is 4.91. The van der Waals surface area contributed by atoms with Gasteiger partial charge in [-0.05, 0) is 31.4 Å². The minimum atomic E-state index is -1.22. The Hall–Kier alpha value is -3.27. The molecule has 1 aromatic heterocycles. The molecule has 3 rings (SSSR count). The summed E-state index contributed by atoms with van der Waals surface area (Å²) in [5.74, 6) is -4.13. The maximum absolute atomic E-state index is 14.5. The van der Waals surface area contributed by atoms with E-state index < -0.39 is 41.0 Å². The van der Waals surface area contributed by atoms with Crippen LogP contribution < -0.4 is 16.6 Å². The Balaban J connectivity index is 2.60. The Labute approximate surface area is 170 Å². The smallest absolute Gasteiger partial charge is 0.343 e. The number of carbonyl (C=O) groups is 1. The minimum absolute atomic E-state index is 0.0164. The van der Waals surface area contributed by atoms with Crippen molar-refractivity contribution >= 4 is 35.9 Å². The fourth-order valence-corrected chi connectivity index (χ4v) is 3.39. The van der Waals surface area contributed by atoms with Gasteiger partial charge in [0, 0.05) is 22.7 Å². The Kier molecular flexibility index (Phi) is 5.62. The molecule has 3 aromatic rings. The second kappa shape index (κ2) is 7.87. The molecule has 0 unspecified atom stereocenters. The minimum Gasteiger partial charge on any atom is -0.462 e. The van der Waals surface area contributed by atoms with Gasteiger partial charge < -0.3 is 20.1 Å². The van der Waals surface area contributed by atoms with Gasteiger partial charge in [0.05, 0.1) is 30.1 Å². The van der Waals surface area contributed by atoms with Crippen molar-refractivity contribution in [1.82, 2.24) is 4.57 Å². The van der Waals surface area contributed by atoms with Crippen LogP contribution in [0.4, 0.5) is 18.9 Å². The molecular weight excluding hydrogens is 400 g/mol. The molecule has 156 valence electrons. The first-order chi connectivity index (χ1) is 14.1. The van der Waals surface area contributed by atoms with Crippen LogP contribution in [0.2, 0.25) is 0 Å². The summed E-state index contributed by atoms with van der Waals surface area (Å²) in [7, 11) is 1.22. The molecule has 0 aliphatic heterocycles. The van der Waals surface area contributed by atoms with Gasteiger partial charge in [0.1, 0.15) is 19.2 Å². The van der Waals surface area contributed by atoms with Crippen molar-refractivity contribution in [2.24, 2.45) is 0 Å². The molecule has 0 bridgehead atoms. The van der Waals surface area contributed by atoms with Crippen molar-refractivity contribution in [3.63, 3.8) is 0 Å². The summed E-state index contributed by atoms with van der Waals surface area (Å²) in [5, 5.41) is 9.47. The zero-order chi connectivity index (χ0) is 22.3. The standard InChI is InChI=1S/C20H18BF3N2O4/c1-3-30-20(29)10-6-26(13-5-12(25)11(22)4-9(13)7-27)18-8(2)16(23)17(24)15(21)14(18)19(10)28/h4-6,27H,3,7,21,25H2,1-2H3. The topological polar surface area (TPSA) is 94.6 Å². The predicted molar refractivity (Wildman–Crippen MR) is 109 cm³/mol. The summed E-state index contributed by atoms with van der Waals surface area (Å²) in [6.07, 6.45) is 1.10. The normalized spacial score (nSPS) is 11.1. The van der Waals surface area contributed by atoms with Crippen LogP contribution >= 0.6 is 0 Å². The van der Waals surface area contributed by atoms with E-state index in [-0.39, 0.29) is 45.5 Å². The van der Waals surface area contributed by atoms with Crippen LogP contribution in [-0.4, -0.2) is 30.1 Å². The van der Waals surface area contributed by atoms with E-state index in [0.717, 1.165) is 12.3 Å². The maximum Gasteiger partial charge on any atom is 0.343 e. The second-order valence-electron chi connectivity index (χ2n) is 6.72. The number of anilines is 1. The number of aliphatic hydroxyl groups is 1. The third-order valence-electron chi connectivity index (χ3n) is 4.91. The van der Waals surface area contributed by atoms with Crippen molar-refractivity contribution < 1.29 is 27.8 Å². The lowest BCUT2D eigenvalue weighted by Crippen LogP contribution is -2.28. The number of fused-ring (bicyclic) bond motifs is 1. The molecule has 0 saturated carbocycles. The quantitative estimate of drug-likeness (QED) is 0.378. The number of aromatic nitrogens is 1.